The molecule has 2 atom stereocenters. The minimum absolute atomic E-state index is 0.202. The molecule has 0 saturated carbocycles. The van der Waals surface area contributed by atoms with E-state index in [0.29, 0.717) is 12.0 Å². The van der Waals surface area contributed by atoms with Crippen molar-refractivity contribution in [2.24, 2.45) is 5.92 Å². The van der Waals surface area contributed by atoms with Gasteiger partial charge < -0.3 is 14.6 Å². The van der Waals surface area contributed by atoms with Crippen LogP contribution in [0.2, 0.25) is 0 Å². The Bertz CT molecular complexity index is 941. The summed E-state index contributed by atoms with van der Waals surface area (Å²) in [5.74, 6) is -1.11. The van der Waals surface area contributed by atoms with E-state index in [1.54, 1.807) is 6.92 Å². The predicted molar refractivity (Wildman–Crippen MR) is 108 cm³/mol. The van der Waals surface area contributed by atoms with Gasteiger partial charge in [-0.1, -0.05) is 62.4 Å². The topological polar surface area (TPSA) is 72.8 Å². The van der Waals surface area contributed by atoms with Gasteiger partial charge in [-0.05, 0) is 34.0 Å². The molecule has 146 valence electrons. The lowest BCUT2D eigenvalue weighted by molar-refractivity contribution is -0.151. The minimum atomic E-state index is -1.07. The van der Waals surface area contributed by atoms with Gasteiger partial charge in [0, 0.05) is 0 Å². The summed E-state index contributed by atoms with van der Waals surface area (Å²) in [4.78, 5) is 24.5. The van der Waals surface area contributed by atoms with Crippen LogP contribution in [-0.4, -0.2) is 36.4 Å². The van der Waals surface area contributed by atoms with Gasteiger partial charge in [0.1, 0.15) is 19.3 Å². The molecular formula is C23H24O5. The van der Waals surface area contributed by atoms with Crippen LogP contribution in [0.4, 0.5) is 0 Å². The molecule has 0 fully saturated rings. The van der Waals surface area contributed by atoms with Gasteiger partial charge in [0.15, 0.2) is 0 Å². The molecule has 3 aromatic rings. The van der Waals surface area contributed by atoms with Gasteiger partial charge in [-0.15, -0.1) is 0 Å². The second-order valence-electron chi connectivity index (χ2n) is 6.89. The lowest BCUT2D eigenvalue weighted by atomic mass is 9.97. The van der Waals surface area contributed by atoms with Crippen molar-refractivity contribution in [2.45, 2.75) is 26.4 Å². The molecule has 0 radical (unpaired) electrons. The van der Waals surface area contributed by atoms with E-state index in [2.05, 4.69) is 0 Å². The molecule has 0 aliphatic carbocycles. The van der Waals surface area contributed by atoms with Crippen molar-refractivity contribution >= 4 is 33.5 Å². The number of hydrogen-bond acceptors (Lipinski definition) is 5. The number of esters is 2. The van der Waals surface area contributed by atoms with E-state index >= 15 is 0 Å². The van der Waals surface area contributed by atoms with Crippen LogP contribution in [0.25, 0.3) is 21.5 Å². The summed E-state index contributed by atoms with van der Waals surface area (Å²) in [6.07, 6.45) is -0.406. The number of carbonyl (C=O) groups excluding carboxylic acids is 2. The second kappa shape index (κ2) is 8.85. The third-order valence-corrected chi connectivity index (χ3v) is 4.81. The van der Waals surface area contributed by atoms with E-state index in [4.69, 9.17) is 9.47 Å². The number of rotatable bonds is 7. The Morgan fingerprint density at radius 1 is 0.929 bits per heavy atom. The first-order valence-corrected chi connectivity index (χ1v) is 9.43. The summed E-state index contributed by atoms with van der Waals surface area (Å²) in [5, 5.41) is 13.5. The summed E-state index contributed by atoms with van der Waals surface area (Å²) in [7, 11) is 0. The fourth-order valence-electron chi connectivity index (χ4n) is 3.01. The molecule has 0 aromatic heterocycles. The molecule has 5 nitrogen and oxygen atoms in total. The average molecular weight is 380 g/mol. The van der Waals surface area contributed by atoms with Crippen LogP contribution < -0.4 is 0 Å². The van der Waals surface area contributed by atoms with E-state index in [9.17, 15) is 14.7 Å². The van der Waals surface area contributed by atoms with Gasteiger partial charge in [-0.3, -0.25) is 4.79 Å². The number of aliphatic hydroxyl groups excluding tert-OH is 1. The second-order valence-corrected chi connectivity index (χ2v) is 6.89. The molecule has 3 rings (SSSR count). The maximum Gasteiger partial charge on any atom is 0.339 e. The zero-order valence-corrected chi connectivity index (χ0v) is 16.1. The van der Waals surface area contributed by atoms with Crippen LogP contribution in [0.1, 0.15) is 30.6 Å². The fourth-order valence-corrected chi connectivity index (χ4v) is 3.01. The molecule has 0 saturated heterocycles. The SMILES string of the molecule is CCC(C)C(=O)OCC(O)COC(=O)c1c2ccccc2cc2ccccc12. The molecule has 0 aliphatic rings. The Labute approximate surface area is 163 Å². The molecule has 0 spiro atoms. The number of hydrogen-bond donors (Lipinski definition) is 1. The van der Waals surface area contributed by atoms with Crippen molar-refractivity contribution in [3.63, 3.8) is 0 Å². The van der Waals surface area contributed by atoms with Gasteiger partial charge in [0.05, 0.1) is 11.5 Å². The predicted octanol–water partition coefficient (Wildman–Crippen LogP) is 4.10. The van der Waals surface area contributed by atoms with Gasteiger partial charge >= 0.3 is 11.9 Å². The molecule has 2 unspecified atom stereocenters. The van der Waals surface area contributed by atoms with E-state index in [0.717, 1.165) is 21.5 Å². The molecule has 3 aromatic carbocycles. The minimum Gasteiger partial charge on any atom is -0.463 e. The summed E-state index contributed by atoms with van der Waals surface area (Å²) in [6.45, 7) is 3.20. The summed E-state index contributed by atoms with van der Waals surface area (Å²) < 4.78 is 10.4. The Morgan fingerprint density at radius 2 is 1.46 bits per heavy atom. The van der Waals surface area contributed by atoms with E-state index in [1.165, 1.54) is 0 Å². The molecule has 1 N–H and O–H groups in total. The summed E-state index contributed by atoms with van der Waals surface area (Å²) in [5.41, 5.74) is 0.470. The molecule has 0 bridgehead atoms. The van der Waals surface area contributed by atoms with E-state index < -0.39 is 12.1 Å². The van der Waals surface area contributed by atoms with Crippen molar-refractivity contribution in [2.75, 3.05) is 13.2 Å². The highest BCUT2D eigenvalue weighted by atomic mass is 16.6. The van der Waals surface area contributed by atoms with Crippen LogP contribution in [-0.2, 0) is 14.3 Å². The van der Waals surface area contributed by atoms with Gasteiger partial charge in [0.25, 0.3) is 0 Å². The van der Waals surface area contributed by atoms with E-state index in [-0.39, 0.29) is 25.1 Å². The molecule has 5 heteroatoms. The van der Waals surface area contributed by atoms with Crippen molar-refractivity contribution in [3.05, 3.63) is 60.2 Å². The molecule has 0 aliphatic heterocycles. The van der Waals surface area contributed by atoms with Crippen molar-refractivity contribution < 1.29 is 24.2 Å². The van der Waals surface area contributed by atoms with Gasteiger partial charge in [-0.25, -0.2) is 4.79 Å². The lowest BCUT2D eigenvalue weighted by Gasteiger charge is -2.15. The lowest BCUT2D eigenvalue weighted by Crippen LogP contribution is -2.27. The zero-order valence-electron chi connectivity index (χ0n) is 16.1. The average Bonchev–Trinajstić information content (AvgIpc) is 2.73. The Balaban J connectivity index is 1.75. The summed E-state index contributed by atoms with van der Waals surface area (Å²) in [6, 6.07) is 17.3. The third-order valence-electron chi connectivity index (χ3n) is 4.81. The first kappa shape index (κ1) is 19.8. The number of ether oxygens (including phenoxy) is 2. The Kier molecular flexibility index (Phi) is 6.26. The summed E-state index contributed by atoms with van der Waals surface area (Å²) >= 11 is 0. The standard InChI is InChI=1S/C23H24O5/c1-3-15(2)22(25)27-13-18(24)14-28-23(26)21-19-10-6-4-8-16(19)12-17-9-5-7-11-20(17)21/h4-12,15,18,24H,3,13-14H2,1-2H3. The molecule has 0 heterocycles. The Morgan fingerprint density at radius 3 is 2.04 bits per heavy atom. The normalized spacial score (nSPS) is 13.2. The van der Waals surface area contributed by atoms with Gasteiger partial charge in [-0.2, -0.15) is 0 Å². The van der Waals surface area contributed by atoms with Crippen molar-refractivity contribution in [3.8, 4) is 0 Å². The Hall–Kier alpha value is -2.92. The third kappa shape index (κ3) is 4.31. The smallest absolute Gasteiger partial charge is 0.339 e. The monoisotopic (exact) mass is 380 g/mol. The number of carbonyl (C=O) groups is 2. The van der Waals surface area contributed by atoms with Gasteiger partial charge in [0.2, 0.25) is 0 Å². The van der Waals surface area contributed by atoms with Crippen LogP contribution in [0.5, 0.6) is 0 Å². The molecule has 0 amide bonds. The van der Waals surface area contributed by atoms with Crippen LogP contribution in [0.3, 0.4) is 0 Å². The first-order valence-electron chi connectivity index (χ1n) is 9.43. The fraction of sp³-hybridized carbons (Fsp3) is 0.304. The van der Waals surface area contributed by atoms with Crippen LogP contribution >= 0.6 is 0 Å². The highest BCUT2D eigenvalue weighted by Crippen LogP contribution is 2.29. The quantitative estimate of drug-likeness (QED) is 0.493. The van der Waals surface area contributed by atoms with Crippen molar-refractivity contribution in [1.82, 2.24) is 0 Å². The molecular weight excluding hydrogens is 356 g/mol. The zero-order chi connectivity index (χ0) is 20.1. The number of aliphatic hydroxyl groups is 1. The highest BCUT2D eigenvalue weighted by Gasteiger charge is 2.19. The number of fused-ring (bicyclic) bond motifs is 2. The van der Waals surface area contributed by atoms with E-state index in [1.807, 2.05) is 61.5 Å². The highest BCUT2D eigenvalue weighted by molar-refractivity contribution is 6.16. The maximum absolute atomic E-state index is 12.8. The largest absolute Gasteiger partial charge is 0.463 e. The number of benzene rings is 3. The van der Waals surface area contributed by atoms with Crippen molar-refractivity contribution in [1.29, 1.82) is 0 Å². The van der Waals surface area contributed by atoms with Crippen LogP contribution in [0, 0.1) is 5.92 Å². The maximum atomic E-state index is 12.8. The first-order chi connectivity index (χ1) is 13.5. The van der Waals surface area contributed by atoms with Crippen LogP contribution in [0.15, 0.2) is 54.6 Å². The molecule has 28 heavy (non-hydrogen) atoms.